The summed E-state index contributed by atoms with van der Waals surface area (Å²) in [5.41, 5.74) is 6.53. The van der Waals surface area contributed by atoms with Crippen molar-refractivity contribution in [1.29, 1.82) is 0 Å². The van der Waals surface area contributed by atoms with Crippen LogP contribution < -0.4 is 10.5 Å². The van der Waals surface area contributed by atoms with E-state index in [1.165, 1.54) is 6.07 Å². The topological polar surface area (TPSA) is 78.4 Å². The van der Waals surface area contributed by atoms with E-state index in [1.807, 2.05) is 32.0 Å². The van der Waals surface area contributed by atoms with Gasteiger partial charge in [0.25, 0.3) is 0 Å². The molecule has 20 heavy (non-hydrogen) atoms. The van der Waals surface area contributed by atoms with Crippen LogP contribution in [0.1, 0.15) is 25.3 Å². The maximum Gasteiger partial charge on any atom is 0.334 e. The highest BCUT2D eigenvalue weighted by Gasteiger charge is 2.20. The first-order chi connectivity index (χ1) is 9.50. The van der Waals surface area contributed by atoms with Crippen molar-refractivity contribution in [2.45, 2.75) is 19.8 Å². The van der Waals surface area contributed by atoms with Crippen LogP contribution in [0.4, 0.5) is 11.4 Å². The first kappa shape index (κ1) is 13.9. The van der Waals surface area contributed by atoms with E-state index in [9.17, 15) is 10.1 Å². The van der Waals surface area contributed by atoms with Gasteiger partial charge in [-0.2, -0.15) is 0 Å². The number of para-hydroxylation sites is 2. The normalized spacial score (nSPS) is 10.6. The van der Waals surface area contributed by atoms with Gasteiger partial charge in [-0.15, -0.1) is 0 Å². The Morgan fingerprint density at radius 2 is 1.75 bits per heavy atom. The van der Waals surface area contributed by atoms with Gasteiger partial charge >= 0.3 is 5.69 Å². The van der Waals surface area contributed by atoms with E-state index < -0.39 is 4.92 Å². The predicted molar refractivity (Wildman–Crippen MR) is 78.1 cm³/mol. The monoisotopic (exact) mass is 272 g/mol. The quantitative estimate of drug-likeness (QED) is 0.516. The summed E-state index contributed by atoms with van der Waals surface area (Å²) in [6.45, 7) is 4.08. The fourth-order valence-corrected chi connectivity index (χ4v) is 1.99. The number of nitro groups is 1. The summed E-state index contributed by atoms with van der Waals surface area (Å²) in [5.74, 6) is 1.02. The summed E-state index contributed by atoms with van der Waals surface area (Å²) >= 11 is 0. The SMILES string of the molecule is CC(C)c1ccccc1Oc1cccc(N)c1[N+](=O)[O-]. The van der Waals surface area contributed by atoms with Crippen molar-refractivity contribution in [3.63, 3.8) is 0 Å². The molecule has 0 bridgehead atoms. The van der Waals surface area contributed by atoms with Crippen LogP contribution >= 0.6 is 0 Å². The van der Waals surface area contributed by atoms with Crippen molar-refractivity contribution in [3.8, 4) is 11.5 Å². The number of hydrogen-bond donors (Lipinski definition) is 1. The molecule has 2 N–H and O–H groups in total. The lowest BCUT2D eigenvalue weighted by Crippen LogP contribution is -2.00. The van der Waals surface area contributed by atoms with Gasteiger partial charge < -0.3 is 10.5 Å². The van der Waals surface area contributed by atoms with E-state index in [0.717, 1.165) is 5.56 Å². The number of benzene rings is 2. The van der Waals surface area contributed by atoms with Crippen molar-refractivity contribution in [2.24, 2.45) is 0 Å². The molecule has 104 valence electrons. The van der Waals surface area contributed by atoms with Crippen molar-refractivity contribution in [1.82, 2.24) is 0 Å². The van der Waals surface area contributed by atoms with E-state index in [4.69, 9.17) is 10.5 Å². The molecule has 2 aromatic carbocycles. The lowest BCUT2D eigenvalue weighted by atomic mass is 10.0. The Hall–Kier alpha value is -2.56. The van der Waals surface area contributed by atoms with Crippen LogP contribution in [0, 0.1) is 10.1 Å². The average molecular weight is 272 g/mol. The van der Waals surface area contributed by atoms with E-state index in [-0.39, 0.29) is 23.0 Å². The van der Waals surface area contributed by atoms with Gasteiger partial charge in [0.1, 0.15) is 11.4 Å². The van der Waals surface area contributed by atoms with Gasteiger partial charge in [-0.1, -0.05) is 38.1 Å². The third-order valence-corrected chi connectivity index (χ3v) is 2.97. The van der Waals surface area contributed by atoms with E-state index in [2.05, 4.69) is 0 Å². The molecule has 0 spiro atoms. The summed E-state index contributed by atoms with van der Waals surface area (Å²) in [6.07, 6.45) is 0. The molecule has 5 heteroatoms. The molecule has 0 amide bonds. The van der Waals surface area contributed by atoms with E-state index in [0.29, 0.717) is 5.75 Å². The number of anilines is 1. The van der Waals surface area contributed by atoms with Gasteiger partial charge in [-0.25, -0.2) is 0 Å². The van der Waals surface area contributed by atoms with Crippen LogP contribution in [0.3, 0.4) is 0 Å². The van der Waals surface area contributed by atoms with Crippen molar-refractivity contribution < 1.29 is 9.66 Å². The van der Waals surface area contributed by atoms with Crippen LogP contribution in [0.25, 0.3) is 0 Å². The number of nitrogens with zero attached hydrogens (tertiary/aromatic N) is 1. The third-order valence-electron chi connectivity index (χ3n) is 2.97. The molecule has 5 nitrogen and oxygen atoms in total. The van der Waals surface area contributed by atoms with Gasteiger partial charge in [0, 0.05) is 0 Å². The van der Waals surface area contributed by atoms with Crippen LogP contribution in [-0.2, 0) is 0 Å². The Morgan fingerprint density at radius 1 is 1.10 bits per heavy atom. The van der Waals surface area contributed by atoms with Gasteiger partial charge in [0.15, 0.2) is 0 Å². The maximum absolute atomic E-state index is 11.1. The molecule has 0 saturated heterocycles. The zero-order valence-corrected chi connectivity index (χ0v) is 11.4. The van der Waals surface area contributed by atoms with Crippen LogP contribution in [0.5, 0.6) is 11.5 Å². The minimum absolute atomic E-state index is 0.0922. The molecule has 0 atom stereocenters. The molecule has 0 aromatic heterocycles. The molecule has 0 fully saturated rings. The molecular formula is C15H16N2O3. The zero-order valence-electron chi connectivity index (χ0n) is 11.4. The van der Waals surface area contributed by atoms with Gasteiger partial charge in [-0.05, 0) is 29.7 Å². The number of nitrogen functional groups attached to an aromatic ring is 1. The molecule has 0 saturated carbocycles. The van der Waals surface area contributed by atoms with E-state index >= 15 is 0 Å². The second kappa shape index (κ2) is 5.61. The first-order valence-corrected chi connectivity index (χ1v) is 6.30. The third kappa shape index (κ3) is 2.71. The minimum Gasteiger partial charge on any atom is -0.450 e. The second-order valence-corrected chi connectivity index (χ2v) is 4.75. The van der Waals surface area contributed by atoms with Gasteiger partial charge in [0.2, 0.25) is 5.75 Å². The molecular weight excluding hydrogens is 256 g/mol. The summed E-state index contributed by atoms with van der Waals surface area (Å²) in [5, 5.41) is 11.1. The average Bonchev–Trinajstić information content (AvgIpc) is 2.38. The summed E-state index contributed by atoms with van der Waals surface area (Å²) in [4.78, 5) is 10.6. The Labute approximate surface area is 117 Å². The lowest BCUT2D eigenvalue weighted by Gasteiger charge is -2.13. The number of rotatable bonds is 4. The Bertz CT molecular complexity index is 639. The smallest absolute Gasteiger partial charge is 0.334 e. The van der Waals surface area contributed by atoms with Crippen molar-refractivity contribution in [3.05, 3.63) is 58.1 Å². The second-order valence-electron chi connectivity index (χ2n) is 4.75. The lowest BCUT2D eigenvalue weighted by molar-refractivity contribution is -0.384. The Kier molecular flexibility index (Phi) is 3.89. The Balaban J connectivity index is 2.46. The van der Waals surface area contributed by atoms with Crippen LogP contribution in [0.15, 0.2) is 42.5 Å². The zero-order chi connectivity index (χ0) is 14.7. The van der Waals surface area contributed by atoms with Gasteiger partial charge in [-0.3, -0.25) is 10.1 Å². The first-order valence-electron chi connectivity index (χ1n) is 6.30. The fourth-order valence-electron chi connectivity index (χ4n) is 1.99. The fraction of sp³-hybridized carbons (Fsp3) is 0.200. The molecule has 2 aromatic rings. The maximum atomic E-state index is 11.1. The van der Waals surface area contributed by atoms with E-state index in [1.54, 1.807) is 18.2 Å². The number of nitro benzene ring substituents is 1. The van der Waals surface area contributed by atoms with Crippen molar-refractivity contribution >= 4 is 11.4 Å². The Morgan fingerprint density at radius 3 is 2.40 bits per heavy atom. The summed E-state index contributed by atoms with van der Waals surface area (Å²) < 4.78 is 5.72. The number of ether oxygens (including phenoxy) is 1. The largest absolute Gasteiger partial charge is 0.450 e. The molecule has 0 aliphatic carbocycles. The standard InChI is InChI=1S/C15H16N2O3/c1-10(2)11-6-3-4-8-13(11)20-14-9-5-7-12(16)15(14)17(18)19/h3-10H,16H2,1-2H3. The van der Waals surface area contributed by atoms with Crippen molar-refractivity contribution in [2.75, 3.05) is 5.73 Å². The molecule has 0 heterocycles. The van der Waals surface area contributed by atoms with Gasteiger partial charge in [0.05, 0.1) is 4.92 Å². The predicted octanol–water partition coefficient (Wildman–Crippen LogP) is 4.09. The molecule has 2 rings (SSSR count). The summed E-state index contributed by atoms with van der Waals surface area (Å²) in [6, 6.07) is 12.1. The molecule has 0 unspecified atom stereocenters. The molecule has 0 radical (unpaired) electrons. The van der Waals surface area contributed by atoms with Crippen LogP contribution in [-0.4, -0.2) is 4.92 Å². The number of hydrogen-bond acceptors (Lipinski definition) is 4. The highest BCUT2D eigenvalue weighted by molar-refractivity contribution is 5.66. The highest BCUT2D eigenvalue weighted by Crippen LogP contribution is 2.38. The molecule has 0 aliphatic heterocycles. The number of nitrogens with two attached hydrogens (primary N) is 1. The molecule has 0 aliphatic rings. The summed E-state index contributed by atoms with van der Waals surface area (Å²) in [7, 11) is 0. The highest BCUT2D eigenvalue weighted by atomic mass is 16.6. The minimum atomic E-state index is -0.525. The van der Waals surface area contributed by atoms with Crippen LogP contribution in [0.2, 0.25) is 0 Å².